The van der Waals surface area contributed by atoms with Crippen LogP contribution in [0, 0.1) is 0 Å². The fourth-order valence-electron chi connectivity index (χ4n) is 1.50. The van der Waals surface area contributed by atoms with Crippen LogP contribution >= 0.6 is 0 Å². The number of carbonyl (C=O) groups is 3. The normalized spacial score (nSPS) is 19.1. The van der Waals surface area contributed by atoms with Crippen LogP contribution in [0.15, 0.2) is 0 Å². The van der Waals surface area contributed by atoms with Gasteiger partial charge in [-0.3, -0.25) is 19.8 Å². The Hall–Kier alpha value is -1.43. The Morgan fingerprint density at radius 1 is 1.47 bits per heavy atom. The fraction of sp³-hybridized carbons (Fsp3) is 0.667. The third-order valence-corrected chi connectivity index (χ3v) is 2.24. The van der Waals surface area contributed by atoms with E-state index in [0.29, 0.717) is 6.42 Å². The second-order valence-corrected chi connectivity index (χ2v) is 3.31. The number of methoxy groups -OCH3 is 1. The summed E-state index contributed by atoms with van der Waals surface area (Å²) in [5.74, 6) is -1.01. The number of hydrogen-bond donors (Lipinski definition) is 1. The highest BCUT2D eigenvalue weighted by Crippen LogP contribution is 2.11. The van der Waals surface area contributed by atoms with Crippen molar-refractivity contribution in [1.29, 1.82) is 0 Å². The number of nitrogens with one attached hydrogen (secondary N) is 1. The number of carbonyl (C=O) groups excluding carboxylic acids is 3. The lowest BCUT2D eigenvalue weighted by atomic mass is 10.1. The van der Waals surface area contributed by atoms with E-state index in [1.165, 1.54) is 7.11 Å². The molecule has 4 amide bonds. The maximum Gasteiger partial charge on any atom is 0.331 e. The summed E-state index contributed by atoms with van der Waals surface area (Å²) in [5.41, 5.74) is 0. The molecule has 0 aromatic heterocycles. The molecular weight excluding hydrogens is 200 g/mol. The molecule has 1 aliphatic rings. The lowest BCUT2D eigenvalue weighted by molar-refractivity contribution is -0.138. The van der Waals surface area contributed by atoms with E-state index in [1.54, 1.807) is 0 Å². The third kappa shape index (κ3) is 2.53. The molecule has 1 heterocycles. The van der Waals surface area contributed by atoms with Crippen LogP contribution in [0.3, 0.4) is 0 Å². The molecule has 1 fully saturated rings. The fourth-order valence-corrected chi connectivity index (χ4v) is 1.50. The number of hydrogen-bond acceptors (Lipinski definition) is 4. The molecule has 6 heteroatoms. The lowest BCUT2D eigenvalue weighted by Crippen LogP contribution is -2.57. The third-order valence-electron chi connectivity index (χ3n) is 2.24. The Balaban J connectivity index is 2.77. The molecule has 0 radical (unpaired) electrons. The van der Waals surface area contributed by atoms with Gasteiger partial charge in [-0.2, -0.15) is 0 Å². The van der Waals surface area contributed by atoms with Crippen molar-refractivity contribution in [2.24, 2.45) is 0 Å². The number of amides is 4. The monoisotopic (exact) mass is 214 g/mol. The number of ether oxygens (including phenoxy) is 1. The van der Waals surface area contributed by atoms with E-state index in [9.17, 15) is 14.4 Å². The van der Waals surface area contributed by atoms with Gasteiger partial charge in [0.25, 0.3) is 0 Å². The van der Waals surface area contributed by atoms with Gasteiger partial charge in [0.2, 0.25) is 11.8 Å². The van der Waals surface area contributed by atoms with Gasteiger partial charge in [-0.15, -0.1) is 0 Å². The highest BCUT2D eigenvalue weighted by molar-refractivity contribution is 6.14. The number of nitrogens with zero attached hydrogens (tertiary/aromatic N) is 1. The largest absolute Gasteiger partial charge is 0.383 e. The van der Waals surface area contributed by atoms with Crippen molar-refractivity contribution >= 4 is 17.8 Å². The molecule has 0 spiro atoms. The summed E-state index contributed by atoms with van der Waals surface area (Å²) in [6.45, 7) is 2.13. The first kappa shape index (κ1) is 11.6. The number of urea groups is 1. The highest BCUT2D eigenvalue weighted by Gasteiger charge is 2.35. The minimum absolute atomic E-state index is 0.272. The SMILES string of the molecule is CCC(COC)N1C(=O)CC(=O)NC1=O. The molecule has 1 aliphatic heterocycles. The van der Waals surface area contributed by atoms with Gasteiger partial charge in [-0.05, 0) is 6.42 Å². The van der Waals surface area contributed by atoms with Crippen LogP contribution in [0.5, 0.6) is 0 Å². The second-order valence-electron chi connectivity index (χ2n) is 3.31. The molecule has 0 bridgehead atoms. The van der Waals surface area contributed by atoms with Gasteiger partial charge < -0.3 is 4.74 Å². The maximum atomic E-state index is 11.5. The molecule has 84 valence electrons. The maximum absolute atomic E-state index is 11.5. The standard InChI is InChI=1S/C9H14N2O4/c1-3-6(5-15-2)11-8(13)4-7(12)10-9(11)14/h6H,3-5H2,1-2H3,(H,10,12,14). The second kappa shape index (κ2) is 4.88. The van der Waals surface area contributed by atoms with E-state index in [0.717, 1.165) is 4.90 Å². The van der Waals surface area contributed by atoms with E-state index < -0.39 is 17.8 Å². The summed E-state index contributed by atoms with van der Waals surface area (Å²) in [5, 5.41) is 2.10. The predicted octanol–water partition coefficient (Wildman–Crippen LogP) is -0.120. The first-order chi connectivity index (χ1) is 7.10. The van der Waals surface area contributed by atoms with Gasteiger partial charge in [0.1, 0.15) is 6.42 Å². The van der Waals surface area contributed by atoms with Gasteiger partial charge in [0, 0.05) is 7.11 Å². The Labute approximate surface area is 87.6 Å². The Morgan fingerprint density at radius 2 is 2.13 bits per heavy atom. The summed E-state index contributed by atoms with van der Waals surface area (Å²) in [4.78, 5) is 34.8. The van der Waals surface area contributed by atoms with Crippen molar-refractivity contribution in [3.8, 4) is 0 Å². The molecule has 1 N–H and O–H groups in total. The molecule has 0 aromatic carbocycles. The molecule has 1 unspecified atom stereocenters. The Morgan fingerprint density at radius 3 is 2.60 bits per heavy atom. The van der Waals surface area contributed by atoms with Gasteiger partial charge in [-0.1, -0.05) is 6.92 Å². The van der Waals surface area contributed by atoms with Crippen LogP contribution < -0.4 is 5.32 Å². The van der Waals surface area contributed by atoms with Crippen molar-refractivity contribution in [3.05, 3.63) is 0 Å². The minimum atomic E-state index is -0.653. The van der Waals surface area contributed by atoms with Crippen LogP contribution in [-0.4, -0.2) is 42.5 Å². The van der Waals surface area contributed by atoms with Crippen molar-refractivity contribution in [3.63, 3.8) is 0 Å². The Kier molecular flexibility index (Phi) is 3.79. The molecular formula is C9H14N2O4. The van der Waals surface area contributed by atoms with Crippen LogP contribution in [0.2, 0.25) is 0 Å². The summed E-state index contributed by atoms with van der Waals surface area (Å²) in [7, 11) is 1.50. The summed E-state index contributed by atoms with van der Waals surface area (Å²) in [6.07, 6.45) is 0.327. The van der Waals surface area contributed by atoms with E-state index >= 15 is 0 Å². The molecule has 1 rings (SSSR count). The van der Waals surface area contributed by atoms with Crippen LogP contribution in [0.4, 0.5) is 4.79 Å². The van der Waals surface area contributed by atoms with Crippen LogP contribution in [0.1, 0.15) is 19.8 Å². The van der Waals surface area contributed by atoms with Crippen LogP contribution in [-0.2, 0) is 14.3 Å². The van der Waals surface area contributed by atoms with Crippen molar-refractivity contribution in [2.45, 2.75) is 25.8 Å². The zero-order valence-electron chi connectivity index (χ0n) is 8.78. The Bertz CT molecular complexity index is 270. The molecule has 15 heavy (non-hydrogen) atoms. The molecule has 0 saturated carbocycles. The lowest BCUT2D eigenvalue weighted by Gasteiger charge is -2.31. The molecule has 6 nitrogen and oxygen atoms in total. The van der Waals surface area contributed by atoms with Gasteiger partial charge in [0.05, 0.1) is 12.6 Å². The average Bonchev–Trinajstić information content (AvgIpc) is 2.14. The molecule has 0 aliphatic carbocycles. The quantitative estimate of drug-likeness (QED) is 0.662. The van der Waals surface area contributed by atoms with Crippen molar-refractivity contribution < 1.29 is 19.1 Å². The first-order valence-electron chi connectivity index (χ1n) is 4.75. The first-order valence-corrected chi connectivity index (χ1v) is 4.75. The van der Waals surface area contributed by atoms with E-state index in [2.05, 4.69) is 5.32 Å². The summed E-state index contributed by atoms with van der Waals surface area (Å²) in [6, 6.07) is -0.962. The predicted molar refractivity (Wildman–Crippen MR) is 51.0 cm³/mol. The topological polar surface area (TPSA) is 75.7 Å². The number of barbiturate groups is 1. The van der Waals surface area contributed by atoms with Gasteiger partial charge in [0.15, 0.2) is 0 Å². The highest BCUT2D eigenvalue weighted by atomic mass is 16.5. The number of rotatable bonds is 4. The van der Waals surface area contributed by atoms with Gasteiger partial charge >= 0.3 is 6.03 Å². The van der Waals surface area contributed by atoms with E-state index in [-0.39, 0.29) is 19.1 Å². The zero-order chi connectivity index (χ0) is 11.4. The van der Waals surface area contributed by atoms with E-state index in [1.807, 2.05) is 6.92 Å². The summed E-state index contributed by atoms with van der Waals surface area (Å²) < 4.78 is 4.91. The molecule has 1 atom stereocenters. The van der Waals surface area contributed by atoms with Crippen molar-refractivity contribution in [2.75, 3.05) is 13.7 Å². The smallest absolute Gasteiger partial charge is 0.331 e. The number of imide groups is 2. The minimum Gasteiger partial charge on any atom is -0.383 e. The zero-order valence-corrected chi connectivity index (χ0v) is 8.78. The average molecular weight is 214 g/mol. The molecule has 1 saturated heterocycles. The van der Waals surface area contributed by atoms with Crippen LogP contribution in [0.25, 0.3) is 0 Å². The van der Waals surface area contributed by atoms with E-state index in [4.69, 9.17) is 4.74 Å². The molecule has 0 aromatic rings. The van der Waals surface area contributed by atoms with Crippen molar-refractivity contribution in [1.82, 2.24) is 10.2 Å². The van der Waals surface area contributed by atoms with Gasteiger partial charge in [-0.25, -0.2) is 4.79 Å². The summed E-state index contributed by atoms with van der Waals surface area (Å²) >= 11 is 0.